The molecule has 1 saturated heterocycles. The van der Waals surface area contributed by atoms with E-state index in [-0.39, 0.29) is 23.8 Å². The number of piperidine rings is 1. The van der Waals surface area contributed by atoms with E-state index in [1.54, 1.807) is 50.8 Å². The van der Waals surface area contributed by atoms with Gasteiger partial charge in [-0.3, -0.25) is 9.59 Å². The van der Waals surface area contributed by atoms with Gasteiger partial charge in [0.15, 0.2) is 0 Å². The van der Waals surface area contributed by atoms with Crippen molar-refractivity contribution in [2.45, 2.75) is 59.6 Å². The highest BCUT2D eigenvalue weighted by molar-refractivity contribution is 6.00. The number of H-pyrrole nitrogens is 1. The first-order valence-corrected chi connectivity index (χ1v) is 11.1. The molecule has 32 heavy (non-hydrogen) atoms. The van der Waals surface area contributed by atoms with E-state index < -0.39 is 5.97 Å². The number of hydrogen-bond donors (Lipinski definition) is 1. The van der Waals surface area contributed by atoms with Crippen LogP contribution in [0.3, 0.4) is 0 Å². The molecule has 8 heteroatoms. The van der Waals surface area contributed by atoms with Crippen molar-refractivity contribution < 1.29 is 23.5 Å². The minimum Gasteiger partial charge on any atom is -0.467 e. The second-order valence-corrected chi connectivity index (χ2v) is 8.85. The summed E-state index contributed by atoms with van der Waals surface area (Å²) in [5.41, 5.74) is 2.12. The number of amides is 2. The predicted molar refractivity (Wildman–Crippen MR) is 119 cm³/mol. The number of likely N-dealkylation sites (tertiary alicyclic amines) is 1. The number of esters is 1. The van der Waals surface area contributed by atoms with E-state index in [0.29, 0.717) is 48.6 Å². The fourth-order valence-electron chi connectivity index (χ4n) is 4.17. The van der Waals surface area contributed by atoms with Crippen LogP contribution in [-0.2, 0) is 16.1 Å². The van der Waals surface area contributed by atoms with Crippen LogP contribution < -0.4 is 0 Å². The van der Waals surface area contributed by atoms with E-state index in [2.05, 4.69) is 4.98 Å². The van der Waals surface area contributed by atoms with Crippen molar-refractivity contribution in [1.82, 2.24) is 14.8 Å². The first-order chi connectivity index (χ1) is 15.2. The van der Waals surface area contributed by atoms with Crippen LogP contribution in [0.15, 0.2) is 22.8 Å². The van der Waals surface area contributed by atoms with E-state index in [1.165, 1.54) is 0 Å². The maximum atomic E-state index is 13.1. The van der Waals surface area contributed by atoms with Gasteiger partial charge < -0.3 is 23.9 Å². The van der Waals surface area contributed by atoms with Crippen LogP contribution in [0, 0.1) is 19.8 Å². The monoisotopic (exact) mass is 443 g/mol. The van der Waals surface area contributed by atoms with Crippen LogP contribution in [0.25, 0.3) is 0 Å². The van der Waals surface area contributed by atoms with Gasteiger partial charge in [-0.1, -0.05) is 0 Å². The van der Waals surface area contributed by atoms with Gasteiger partial charge in [0, 0.05) is 32.3 Å². The number of rotatable bonds is 7. The van der Waals surface area contributed by atoms with Crippen molar-refractivity contribution in [3.05, 3.63) is 46.7 Å². The van der Waals surface area contributed by atoms with Crippen LogP contribution in [0.2, 0.25) is 0 Å². The topological polar surface area (TPSA) is 95.9 Å². The summed E-state index contributed by atoms with van der Waals surface area (Å²) in [6.07, 6.45) is 3.38. The first-order valence-electron chi connectivity index (χ1n) is 11.1. The van der Waals surface area contributed by atoms with Crippen LogP contribution in [0.1, 0.15) is 71.0 Å². The summed E-state index contributed by atoms with van der Waals surface area (Å²) in [5.74, 6) is 0.550. The zero-order valence-corrected chi connectivity index (χ0v) is 19.6. The van der Waals surface area contributed by atoms with Gasteiger partial charge in [-0.2, -0.15) is 0 Å². The predicted octanol–water partition coefficient (Wildman–Crippen LogP) is 3.69. The standard InChI is InChI=1S/C24H33N3O5/c1-15(2)32-24(30)21-16(3)22(25-17(21)4)23(29)27-10-8-18(9-11-27)13-20(28)26(5)14-19-7-6-12-31-19/h6-7,12,15,18,25H,8-11,13-14H2,1-5H3. The van der Waals surface area contributed by atoms with Crippen molar-refractivity contribution in [2.75, 3.05) is 20.1 Å². The molecule has 0 spiro atoms. The van der Waals surface area contributed by atoms with Crippen molar-refractivity contribution in [3.8, 4) is 0 Å². The summed E-state index contributed by atoms with van der Waals surface area (Å²) in [7, 11) is 1.78. The number of carbonyl (C=O) groups is 3. The van der Waals surface area contributed by atoms with E-state index in [9.17, 15) is 14.4 Å². The summed E-state index contributed by atoms with van der Waals surface area (Å²) in [4.78, 5) is 44.6. The van der Waals surface area contributed by atoms with Gasteiger partial charge in [0.05, 0.1) is 24.5 Å². The lowest BCUT2D eigenvalue weighted by Crippen LogP contribution is -2.40. The van der Waals surface area contributed by atoms with E-state index in [4.69, 9.17) is 9.15 Å². The SMILES string of the molecule is Cc1[nH]c(C(=O)N2CCC(CC(=O)N(C)Cc3ccco3)CC2)c(C)c1C(=O)OC(C)C. The Hall–Kier alpha value is -3.03. The molecule has 8 nitrogen and oxygen atoms in total. The van der Waals surface area contributed by atoms with Crippen molar-refractivity contribution in [3.63, 3.8) is 0 Å². The summed E-state index contributed by atoms with van der Waals surface area (Å²) < 4.78 is 10.6. The minimum absolute atomic E-state index is 0.0790. The minimum atomic E-state index is -0.416. The quantitative estimate of drug-likeness (QED) is 0.659. The average Bonchev–Trinajstić information content (AvgIpc) is 3.34. The molecule has 1 aliphatic rings. The largest absolute Gasteiger partial charge is 0.467 e. The maximum absolute atomic E-state index is 13.1. The molecule has 3 rings (SSSR count). The highest BCUT2D eigenvalue weighted by atomic mass is 16.5. The fraction of sp³-hybridized carbons (Fsp3) is 0.542. The van der Waals surface area contributed by atoms with Gasteiger partial charge in [0.25, 0.3) is 5.91 Å². The van der Waals surface area contributed by atoms with Crippen molar-refractivity contribution in [2.24, 2.45) is 5.92 Å². The Morgan fingerprint density at radius 1 is 1.25 bits per heavy atom. The molecule has 2 aromatic heterocycles. The number of carbonyl (C=O) groups excluding carboxylic acids is 3. The molecular weight excluding hydrogens is 410 g/mol. The van der Waals surface area contributed by atoms with Gasteiger partial charge in [0.2, 0.25) is 5.91 Å². The third-order valence-electron chi connectivity index (χ3n) is 5.96. The van der Waals surface area contributed by atoms with Gasteiger partial charge >= 0.3 is 5.97 Å². The molecule has 0 aromatic carbocycles. The lowest BCUT2D eigenvalue weighted by Gasteiger charge is -2.32. The smallest absolute Gasteiger partial charge is 0.340 e. The molecular formula is C24H33N3O5. The summed E-state index contributed by atoms with van der Waals surface area (Å²) in [6, 6.07) is 3.66. The molecule has 174 valence electrons. The average molecular weight is 444 g/mol. The molecule has 0 aliphatic carbocycles. The Labute approximate surface area is 188 Å². The highest BCUT2D eigenvalue weighted by Crippen LogP contribution is 2.25. The van der Waals surface area contributed by atoms with Crippen LogP contribution in [0.4, 0.5) is 0 Å². The molecule has 1 aliphatic heterocycles. The van der Waals surface area contributed by atoms with Crippen molar-refractivity contribution >= 4 is 17.8 Å². The maximum Gasteiger partial charge on any atom is 0.340 e. The molecule has 0 radical (unpaired) electrons. The Morgan fingerprint density at radius 2 is 1.94 bits per heavy atom. The van der Waals surface area contributed by atoms with Crippen molar-refractivity contribution in [1.29, 1.82) is 0 Å². The molecule has 3 heterocycles. The summed E-state index contributed by atoms with van der Waals surface area (Å²) >= 11 is 0. The number of furan rings is 1. The molecule has 0 atom stereocenters. The fourth-order valence-corrected chi connectivity index (χ4v) is 4.17. The second kappa shape index (κ2) is 10.1. The molecule has 0 unspecified atom stereocenters. The summed E-state index contributed by atoms with van der Waals surface area (Å²) in [5, 5.41) is 0. The first kappa shape index (κ1) is 23.6. The van der Waals surface area contributed by atoms with E-state index in [0.717, 1.165) is 18.6 Å². The van der Waals surface area contributed by atoms with Gasteiger partial charge in [0.1, 0.15) is 11.5 Å². The molecule has 0 bridgehead atoms. The normalized spacial score (nSPS) is 14.6. The van der Waals surface area contributed by atoms with Crippen LogP contribution >= 0.6 is 0 Å². The lowest BCUT2D eigenvalue weighted by atomic mass is 9.92. The molecule has 1 N–H and O–H groups in total. The Kier molecular flexibility index (Phi) is 7.43. The molecule has 0 saturated carbocycles. The van der Waals surface area contributed by atoms with Gasteiger partial charge in [-0.25, -0.2) is 4.79 Å². The van der Waals surface area contributed by atoms with Gasteiger partial charge in [-0.05, 0) is 64.2 Å². The Balaban J connectivity index is 1.55. The van der Waals surface area contributed by atoms with Crippen LogP contribution in [0.5, 0.6) is 0 Å². The number of aromatic nitrogens is 1. The number of ether oxygens (including phenoxy) is 1. The zero-order chi connectivity index (χ0) is 23.4. The van der Waals surface area contributed by atoms with E-state index in [1.807, 2.05) is 12.1 Å². The molecule has 1 fully saturated rings. The zero-order valence-electron chi connectivity index (χ0n) is 19.6. The molecule has 2 amide bonds. The molecule has 2 aromatic rings. The third-order valence-corrected chi connectivity index (χ3v) is 5.96. The lowest BCUT2D eigenvalue weighted by molar-refractivity contribution is -0.132. The number of nitrogens with zero attached hydrogens (tertiary/aromatic N) is 2. The number of aryl methyl sites for hydroxylation is 1. The second-order valence-electron chi connectivity index (χ2n) is 8.85. The van der Waals surface area contributed by atoms with Crippen LogP contribution in [-0.4, -0.2) is 58.8 Å². The Bertz CT molecular complexity index is 953. The van der Waals surface area contributed by atoms with Gasteiger partial charge in [-0.15, -0.1) is 0 Å². The number of hydrogen-bond acceptors (Lipinski definition) is 5. The summed E-state index contributed by atoms with van der Waals surface area (Å²) in [6.45, 7) is 8.77. The highest BCUT2D eigenvalue weighted by Gasteiger charge is 2.30. The Morgan fingerprint density at radius 3 is 2.53 bits per heavy atom. The third kappa shape index (κ3) is 5.41. The number of aromatic amines is 1. The van der Waals surface area contributed by atoms with E-state index >= 15 is 0 Å². The number of nitrogens with one attached hydrogen (secondary N) is 1.